The molecule has 21 heavy (non-hydrogen) atoms. The number of hydrogen-bond donors (Lipinski definition) is 0. The third-order valence-corrected chi connectivity index (χ3v) is 1.33. The van der Waals surface area contributed by atoms with Gasteiger partial charge < -0.3 is 0 Å². The van der Waals surface area contributed by atoms with Crippen molar-refractivity contribution in [3.05, 3.63) is 24.3 Å². The Labute approximate surface area is 145 Å². The van der Waals surface area contributed by atoms with Crippen LogP contribution in [-0.4, -0.2) is 24.1 Å². The molecular weight excluding hydrogens is 355 g/mol. The van der Waals surface area contributed by atoms with E-state index in [9.17, 15) is 9.59 Å². The minimum absolute atomic E-state index is 0. The van der Waals surface area contributed by atoms with Crippen LogP contribution < -0.4 is 0 Å². The van der Waals surface area contributed by atoms with Gasteiger partial charge in [0.05, 0.1) is 12.2 Å². The van der Waals surface area contributed by atoms with Crippen LogP contribution in [0.1, 0.15) is 41.5 Å². The first-order valence-electron chi connectivity index (χ1n) is 6.14. The fourth-order valence-corrected chi connectivity index (χ4v) is 0.422. The van der Waals surface area contributed by atoms with Crippen molar-refractivity contribution in [3.63, 3.8) is 0 Å². The number of rotatable bonds is 6. The van der Waals surface area contributed by atoms with Crippen molar-refractivity contribution in [1.29, 1.82) is 0 Å². The Bertz CT molecular complexity index is 315. The van der Waals surface area contributed by atoms with E-state index in [1.165, 1.54) is 0 Å². The summed E-state index contributed by atoms with van der Waals surface area (Å²) in [4.78, 5) is 39.0. The van der Waals surface area contributed by atoms with Crippen molar-refractivity contribution < 1.29 is 55.3 Å². The molecule has 0 aromatic heterocycles. The summed E-state index contributed by atoms with van der Waals surface area (Å²) >= 11 is 0. The topological polar surface area (TPSA) is 71.1 Å². The van der Waals surface area contributed by atoms with Crippen LogP contribution in [0.4, 0.5) is 0 Å². The fraction of sp³-hybridized carbons (Fsp3) is 0.571. The molecule has 0 saturated carbocycles. The van der Waals surface area contributed by atoms with Gasteiger partial charge in [0, 0.05) is 37.3 Å². The molecule has 120 valence electrons. The largest absolute Gasteiger partial charge is 0.368 e. The van der Waals surface area contributed by atoms with Crippen LogP contribution in [0.25, 0.3) is 0 Å². The van der Waals surface area contributed by atoms with Crippen molar-refractivity contribution in [1.82, 2.24) is 0 Å². The predicted octanol–water partition coefficient (Wildman–Crippen LogP) is 2.89. The zero-order chi connectivity index (χ0) is 16.3. The van der Waals surface area contributed by atoms with Gasteiger partial charge in [0.25, 0.3) is 0 Å². The van der Waals surface area contributed by atoms with E-state index >= 15 is 0 Å². The molecule has 0 amide bonds. The van der Waals surface area contributed by atoms with Gasteiger partial charge in [0.2, 0.25) is 0 Å². The number of hydrogen-bond acceptors (Lipinski definition) is 6. The predicted molar refractivity (Wildman–Crippen MR) is 74.3 cm³/mol. The summed E-state index contributed by atoms with van der Waals surface area (Å²) in [7, 11) is 0. The molecule has 0 radical (unpaired) electrons. The van der Waals surface area contributed by atoms with Crippen LogP contribution in [0, 0.1) is 0 Å². The summed E-state index contributed by atoms with van der Waals surface area (Å²) < 4.78 is 0. The van der Waals surface area contributed by atoms with E-state index in [0.717, 1.165) is 0 Å². The SMILES string of the molecule is C=C(C)C(=O)OOC(C)C.C=C(C)C(=O)OOC(C)C.[Zr]. The van der Waals surface area contributed by atoms with Gasteiger partial charge in [-0.05, 0) is 41.5 Å². The van der Waals surface area contributed by atoms with E-state index in [4.69, 9.17) is 0 Å². The van der Waals surface area contributed by atoms with Gasteiger partial charge in [-0.1, -0.05) is 13.2 Å². The molecule has 0 atom stereocenters. The average Bonchev–Trinajstić information content (AvgIpc) is 2.33. The third kappa shape index (κ3) is 19.2. The minimum Gasteiger partial charge on any atom is -0.293 e. The van der Waals surface area contributed by atoms with Crippen molar-refractivity contribution in [3.8, 4) is 0 Å². The molecule has 0 aromatic rings. The Kier molecular flexibility index (Phi) is 17.0. The van der Waals surface area contributed by atoms with Crippen molar-refractivity contribution in [2.24, 2.45) is 0 Å². The van der Waals surface area contributed by atoms with Crippen molar-refractivity contribution in [2.45, 2.75) is 53.8 Å². The number of carbonyl (C=O) groups excluding carboxylic acids is 2. The Morgan fingerprint density at radius 2 is 1.00 bits per heavy atom. The molecule has 7 heteroatoms. The molecule has 0 saturated heterocycles. The van der Waals surface area contributed by atoms with Crippen LogP contribution in [0.5, 0.6) is 0 Å². The molecule has 0 aliphatic heterocycles. The van der Waals surface area contributed by atoms with Gasteiger partial charge in [0.15, 0.2) is 0 Å². The Hall–Kier alpha value is -0.777. The zero-order valence-corrected chi connectivity index (χ0v) is 16.0. The minimum atomic E-state index is -0.520. The van der Waals surface area contributed by atoms with Gasteiger partial charge in [-0.25, -0.2) is 9.59 Å². The standard InChI is InChI=1S/2C7H12O3.Zr/c2*1-5(2)7(8)10-9-6(3)4;/h2*6H,1H2,2-4H3;. The van der Waals surface area contributed by atoms with Gasteiger partial charge >= 0.3 is 11.9 Å². The molecule has 0 rings (SSSR count). The molecular formula is C14H24O6Zr. The summed E-state index contributed by atoms with van der Waals surface area (Å²) in [6.45, 7) is 17.0. The second-order valence-corrected chi connectivity index (χ2v) is 4.59. The van der Waals surface area contributed by atoms with Crippen LogP contribution in [0.3, 0.4) is 0 Å². The molecule has 0 bridgehead atoms. The number of carbonyl (C=O) groups is 2. The first kappa shape index (κ1) is 25.2. The molecule has 0 aromatic carbocycles. The molecule has 0 aliphatic rings. The quantitative estimate of drug-likeness (QED) is 0.401. The third-order valence-electron chi connectivity index (χ3n) is 1.33. The van der Waals surface area contributed by atoms with Gasteiger partial charge in [0.1, 0.15) is 0 Å². The smallest absolute Gasteiger partial charge is 0.293 e. The Morgan fingerprint density at radius 1 is 0.762 bits per heavy atom. The zero-order valence-electron chi connectivity index (χ0n) is 13.5. The van der Waals surface area contributed by atoms with E-state index in [0.29, 0.717) is 11.1 Å². The van der Waals surface area contributed by atoms with E-state index in [2.05, 4.69) is 32.7 Å². The van der Waals surface area contributed by atoms with Crippen molar-refractivity contribution in [2.75, 3.05) is 0 Å². The van der Waals surface area contributed by atoms with E-state index in [1.54, 1.807) is 41.5 Å². The molecule has 0 unspecified atom stereocenters. The second-order valence-electron chi connectivity index (χ2n) is 4.59. The summed E-state index contributed by atoms with van der Waals surface area (Å²) in [5.74, 6) is -1.04. The molecule has 0 aliphatic carbocycles. The summed E-state index contributed by atoms with van der Waals surface area (Å²) in [6.07, 6.45) is -0.216. The van der Waals surface area contributed by atoms with E-state index in [1.807, 2.05) is 0 Å². The average molecular weight is 380 g/mol. The first-order chi connectivity index (χ1) is 9.07. The summed E-state index contributed by atoms with van der Waals surface area (Å²) in [6, 6.07) is 0. The molecule has 0 N–H and O–H groups in total. The van der Waals surface area contributed by atoms with E-state index < -0.39 is 11.9 Å². The second kappa shape index (κ2) is 14.2. The molecule has 0 fully saturated rings. The summed E-state index contributed by atoms with van der Waals surface area (Å²) in [5, 5.41) is 0. The normalized spacial score (nSPS) is 9.14. The van der Waals surface area contributed by atoms with Crippen LogP contribution in [-0.2, 0) is 55.3 Å². The first-order valence-corrected chi connectivity index (χ1v) is 6.14. The monoisotopic (exact) mass is 378 g/mol. The molecule has 0 spiro atoms. The fourth-order valence-electron chi connectivity index (χ4n) is 0.422. The van der Waals surface area contributed by atoms with Gasteiger partial charge in [-0.3, -0.25) is 9.78 Å². The van der Waals surface area contributed by atoms with Crippen LogP contribution in [0.15, 0.2) is 24.3 Å². The molecule has 0 heterocycles. The Morgan fingerprint density at radius 3 is 1.14 bits per heavy atom. The van der Waals surface area contributed by atoms with E-state index in [-0.39, 0.29) is 38.4 Å². The van der Waals surface area contributed by atoms with Crippen LogP contribution >= 0.6 is 0 Å². The van der Waals surface area contributed by atoms with Gasteiger partial charge in [-0.2, -0.15) is 9.78 Å². The Balaban J connectivity index is -0.000000295. The van der Waals surface area contributed by atoms with Gasteiger partial charge in [-0.15, -0.1) is 0 Å². The maximum Gasteiger partial charge on any atom is 0.368 e. The maximum absolute atomic E-state index is 10.6. The maximum atomic E-state index is 10.6. The van der Waals surface area contributed by atoms with Crippen molar-refractivity contribution >= 4 is 11.9 Å². The summed E-state index contributed by atoms with van der Waals surface area (Å²) in [5.41, 5.74) is 0.668. The molecule has 6 nitrogen and oxygen atoms in total. The van der Waals surface area contributed by atoms with Crippen LogP contribution in [0.2, 0.25) is 0 Å².